The lowest BCUT2D eigenvalue weighted by atomic mass is 10.1. The number of rotatable bonds is 9. The van der Waals surface area contributed by atoms with E-state index in [4.69, 9.17) is 37.4 Å². The first-order chi connectivity index (χ1) is 13.0. The van der Waals surface area contributed by atoms with Crippen molar-refractivity contribution in [3.8, 4) is 17.2 Å². The minimum absolute atomic E-state index is 0.0123. The molecule has 6 nitrogen and oxygen atoms in total. The highest BCUT2D eigenvalue weighted by Gasteiger charge is 2.15. The SMILES string of the molecule is COc1cccc(OC)c1OCC(O)CNC(=O)Cc1c(Cl)cccc1Cl. The minimum atomic E-state index is -0.926. The molecule has 0 aliphatic carbocycles. The number of methoxy groups -OCH3 is 2. The van der Waals surface area contributed by atoms with E-state index in [0.29, 0.717) is 32.9 Å². The molecule has 27 heavy (non-hydrogen) atoms. The second-order valence-corrected chi connectivity index (χ2v) is 6.45. The number of carbonyl (C=O) groups is 1. The van der Waals surface area contributed by atoms with Gasteiger partial charge < -0.3 is 24.6 Å². The zero-order chi connectivity index (χ0) is 19.8. The van der Waals surface area contributed by atoms with E-state index in [1.54, 1.807) is 36.4 Å². The van der Waals surface area contributed by atoms with E-state index in [1.165, 1.54) is 14.2 Å². The van der Waals surface area contributed by atoms with Crippen LogP contribution in [0.25, 0.3) is 0 Å². The van der Waals surface area contributed by atoms with Gasteiger partial charge in [-0.2, -0.15) is 0 Å². The summed E-state index contributed by atoms with van der Waals surface area (Å²) in [4.78, 5) is 12.1. The zero-order valence-electron chi connectivity index (χ0n) is 15.0. The summed E-state index contributed by atoms with van der Waals surface area (Å²) in [5.41, 5.74) is 0.544. The van der Waals surface area contributed by atoms with Crippen LogP contribution in [0.15, 0.2) is 36.4 Å². The van der Waals surface area contributed by atoms with Gasteiger partial charge in [0.1, 0.15) is 12.7 Å². The number of para-hydroxylation sites is 1. The average Bonchev–Trinajstić information content (AvgIpc) is 2.67. The number of carbonyl (C=O) groups excluding carboxylic acids is 1. The van der Waals surface area contributed by atoms with E-state index in [2.05, 4.69) is 5.32 Å². The molecule has 0 fully saturated rings. The van der Waals surface area contributed by atoms with Gasteiger partial charge in [0.25, 0.3) is 0 Å². The Morgan fingerprint density at radius 2 is 1.63 bits per heavy atom. The fraction of sp³-hybridized carbons (Fsp3) is 0.316. The van der Waals surface area contributed by atoms with Crippen molar-refractivity contribution >= 4 is 29.1 Å². The minimum Gasteiger partial charge on any atom is -0.493 e. The van der Waals surface area contributed by atoms with Crippen molar-refractivity contribution in [2.45, 2.75) is 12.5 Å². The van der Waals surface area contributed by atoms with Crippen LogP contribution in [0.2, 0.25) is 10.0 Å². The third-order valence-electron chi connectivity index (χ3n) is 3.74. The average molecular weight is 414 g/mol. The van der Waals surface area contributed by atoms with Crippen LogP contribution in [-0.4, -0.2) is 44.5 Å². The maximum absolute atomic E-state index is 12.1. The number of benzene rings is 2. The first kappa shape index (κ1) is 21.2. The quantitative estimate of drug-likeness (QED) is 0.660. The normalized spacial score (nSPS) is 11.6. The Morgan fingerprint density at radius 1 is 1.07 bits per heavy atom. The van der Waals surface area contributed by atoms with Crippen molar-refractivity contribution in [2.75, 3.05) is 27.4 Å². The van der Waals surface area contributed by atoms with Gasteiger partial charge in [-0.3, -0.25) is 4.79 Å². The first-order valence-electron chi connectivity index (χ1n) is 8.17. The van der Waals surface area contributed by atoms with Gasteiger partial charge in [0.15, 0.2) is 11.5 Å². The molecule has 1 amide bonds. The van der Waals surface area contributed by atoms with E-state index in [-0.39, 0.29) is 25.5 Å². The molecule has 146 valence electrons. The Bertz CT molecular complexity index is 742. The molecule has 1 atom stereocenters. The van der Waals surface area contributed by atoms with Gasteiger partial charge in [-0.15, -0.1) is 0 Å². The van der Waals surface area contributed by atoms with Crippen LogP contribution < -0.4 is 19.5 Å². The Labute approximate surface area is 167 Å². The highest BCUT2D eigenvalue weighted by molar-refractivity contribution is 6.36. The Balaban J connectivity index is 1.86. The molecule has 0 bridgehead atoms. The zero-order valence-corrected chi connectivity index (χ0v) is 16.5. The fourth-order valence-corrected chi connectivity index (χ4v) is 2.88. The van der Waals surface area contributed by atoms with Gasteiger partial charge >= 0.3 is 0 Å². The predicted molar refractivity (Wildman–Crippen MR) is 104 cm³/mol. The molecular formula is C19H21Cl2NO5. The van der Waals surface area contributed by atoms with Gasteiger partial charge in [-0.1, -0.05) is 35.3 Å². The molecule has 0 heterocycles. The molecule has 0 aliphatic rings. The number of nitrogens with one attached hydrogen (secondary N) is 1. The van der Waals surface area contributed by atoms with Gasteiger partial charge in [0.2, 0.25) is 11.7 Å². The topological polar surface area (TPSA) is 77.0 Å². The lowest BCUT2D eigenvalue weighted by Crippen LogP contribution is -2.36. The van der Waals surface area contributed by atoms with Crippen LogP contribution in [0.3, 0.4) is 0 Å². The van der Waals surface area contributed by atoms with Gasteiger partial charge in [0.05, 0.1) is 20.6 Å². The molecular weight excluding hydrogens is 393 g/mol. The van der Waals surface area contributed by atoms with E-state index < -0.39 is 6.10 Å². The molecule has 0 spiro atoms. The number of hydrogen-bond acceptors (Lipinski definition) is 5. The second-order valence-electron chi connectivity index (χ2n) is 5.64. The maximum atomic E-state index is 12.1. The van der Waals surface area contributed by atoms with E-state index in [9.17, 15) is 9.90 Å². The molecule has 0 aliphatic heterocycles. The maximum Gasteiger partial charge on any atom is 0.224 e. The number of hydrogen-bond donors (Lipinski definition) is 2. The van der Waals surface area contributed by atoms with Gasteiger partial charge in [-0.05, 0) is 29.8 Å². The van der Waals surface area contributed by atoms with Crippen LogP contribution >= 0.6 is 23.2 Å². The lowest BCUT2D eigenvalue weighted by Gasteiger charge is -2.17. The summed E-state index contributed by atoms with van der Waals surface area (Å²) in [6, 6.07) is 10.2. The molecule has 0 aromatic heterocycles. The molecule has 2 rings (SSSR count). The summed E-state index contributed by atoms with van der Waals surface area (Å²) in [6.45, 7) is -0.0395. The molecule has 0 saturated heterocycles. The largest absolute Gasteiger partial charge is 0.493 e. The first-order valence-corrected chi connectivity index (χ1v) is 8.93. The van der Waals surface area contributed by atoms with Crippen molar-refractivity contribution in [3.05, 3.63) is 52.0 Å². The fourth-order valence-electron chi connectivity index (χ4n) is 2.35. The standard InChI is InChI=1S/C19H21Cl2NO5/c1-25-16-7-4-8-17(26-2)19(16)27-11-12(23)10-22-18(24)9-13-14(20)5-3-6-15(13)21/h3-8,12,23H,9-11H2,1-2H3,(H,22,24). The predicted octanol–water partition coefficient (Wildman–Crippen LogP) is 3.11. The Morgan fingerprint density at radius 3 is 2.19 bits per heavy atom. The number of halogens is 2. The summed E-state index contributed by atoms with van der Waals surface area (Å²) in [6.07, 6.45) is -0.905. The van der Waals surface area contributed by atoms with Crippen LogP contribution in [-0.2, 0) is 11.2 Å². The summed E-state index contributed by atoms with van der Waals surface area (Å²) >= 11 is 12.1. The summed E-state index contributed by atoms with van der Waals surface area (Å²) < 4.78 is 16.1. The van der Waals surface area contributed by atoms with Gasteiger partial charge in [0, 0.05) is 16.6 Å². The molecule has 0 saturated carbocycles. The molecule has 8 heteroatoms. The van der Waals surface area contributed by atoms with E-state index >= 15 is 0 Å². The van der Waals surface area contributed by atoms with Crippen molar-refractivity contribution < 1.29 is 24.1 Å². The number of amides is 1. The molecule has 2 aromatic rings. The van der Waals surface area contributed by atoms with E-state index in [1.807, 2.05) is 0 Å². The van der Waals surface area contributed by atoms with Crippen molar-refractivity contribution in [2.24, 2.45) is 0 Å². The summed E-state index contributed by atoms with van der Waals surface area (Å²) in [7, 11) is 3.02. The van der Waals surface area contributed by atoms with Crippen LogP contribution in [0.4, 0.5) is 0 Å². The van der Waals surface area contributed by atoms with Crippen LogP contribution in [0.5, 0.6) is 17.2 Å². The number of ether oxygens (including phenoxy) is 3. The monoisotopic (exact) mass is 413 g/mol. The van der Waals surface area contributed by atoms with Crippen molar-refractivity contribution in [1.82, 2.24) is 5.32 Å². The Hall–Kier alpha value is -2.15. The number of aliphatic hydroxyl groups is 1. The molecule has 2 aromatic carbocycles. The third-order valence-corrected chi connectivity index (χ3v) is 4.44. The number of aliphatic hydroxyl groups excluding tert-OH is 1. The van der Waals surface area contributed by atoms with Crippen molar-refractivity contribution in [3.63, 3.8) is 0 Å². The third kappa shape index (κ3) is 5.92. The van der Waals surface area contributed by atoms with Crippen LogP contribution in [0, 0.1) is 0 Å². The van der Waals surface area contributed by atoms with Crippen molar-refractivity contribution in [1.29, 1.82) is 0 Å². The molecule has 0 radical (unpaired) electrons. The van der Waals surface area contributed by atoms with E-state index in [0.717, 1.165) is 0 Å². The summed E-state index contributed by atoms with van der Waals surface area (Å²) in [5.74, 6) is 1.05. The molecule has 1 unspecified atom stereocenters. The summed E-state index contributed by atoms with van der Waals surface area (Å²) in [5, 5.41) is 13.6. The lowest BCUT2D eigenvalue weighted by molar-refractivity contribution is -0.121. The second kappa shape index (κ2) is 10.3. The highest BCUT2D eigenvalue weighted by Crippen LogP contribution is 2.36. The smallest absolute Gasteiger partial charge is 0.224 e. The van der Waals surface area contributed by atoms with Crippen LogP contribution in [0.1, 0.15) is 5.56 Å². The van der Waals surface area contributed by atoms with Gasteiger partial charge in [-0.25, -0.2) is 0 Å². The highest BCUT2D eigenvalue weighted by atomic mass is 35.5. The Kier molecular flexibility index (Phi) is 8.03. The molecule has 2 N–H and O–H groups in total.